The van der Waals surface area contributed by atoms with Gasteiger partial charge in [0.15, 0.2) is 5.75 Å². The number of nitrogens with one attached hydrogen (secondary N) is 1. The zero-order chi connectivity index (χ0) is 24.0. The van der Waals surface area contributed by atoms with E-state index in [0.29, 0.717) is 31.9 Å². The third kappa shape index (κ3) is 6.20. The van der Waals surface area contributed by atoms with Gasteiger partial charge in [0.2, 0.25) is 0 Å². The Hall–Kier alpha value is -3.18. The number of hydrogen-bond donors (Lipinski definition) is 1. The molecule has 0 aliphatic carbocycles. The summed E-state index contributed by atoms with van der Waals surface area (Å²) in [4.78, 5) is 25.4. The van der Waals surface area contributed by atoms with Gasteiger partial charge in [-0.05, 0) is 36.8 Å². The van der Waals surface area contributed by atoms with Crippen LogP contribution in [0.1, 0.15) is 34.5 Å². The average molecular weight is 467 g/mol. The van der Waals surface area contributed by atoms with Gasteiger partial charge in [-0.15, -0.1) is 0 Å². The number of rotatable bonds is 8. The highest BCUT2D eigenvalue weighted by atomic mass is 19.4. The lowest BCUT2D eigenvalue weighted by Crippen LogP contribution is -2.43. The number of carbonyl (C=O) groups excluding carboxylic acids is 1. The smallest absolute Gasteiger partial charge is 0.416 e. The average Bonchev–Trinajstić information content (AvgIpc) is 2.80. The third-order valence-electron chi connectivity index (χ3n) is 5.28. The molecule has 1 fully saturated rings. The Labute approximate surface area is 188 Å². The molecule has 1 saturated heterocycles. The molecule has 1 N–H and O–H groups in total. The third-order valence-corrected chi connectivity index (χ3v) is 5.28. The topological polar surface area (TPSA) is 93.9 Å². The van der Waals surface area contributed by atoms with Gasteiger partial charge in [-0.25, -0.2) is 0 Å². The van der Waals surface area contributed by atoms with Crippen molar-refractivity contribution < 1.29 is 32.4 Å². The SMILES string of the molecule is CCOc1ccc(C(=O)NCC(c2ccc(C(F)(F)F)cc2)N2CCOCC2)cc1[N+](=O)[O-]. The summed E-state index contributed by atoms with van der Waals surface area (Å²) in [6, 6.07) is 8.37. The van der Waals surface area contributed by atoms with Gasteiger partial charge in [-0.1, -0.05) is 12.1 Å². The highest BCUT2D eigenvalue weighted by molar-refractivity contribution is 5.95. The maximum atomic E-state index is 12.9. The molecule has 0 bridgehead atoms. The van der Waals surface area contributed by atoms with Gasteiger partial charge in [0.05, 0.1) is 36.3 Å². The van der Waals surface area contributed by atoms with Crippen LogP contribution < -0.4 is 10.1 Å². The maximum Gasteiger partial charge on any atom is 0.416 e. The quantitative estimate of drug-likeness (QED) is 0.469. The fourth-order valence-electron chi connectivity index (χ4n) is 3.61. The van der Waals surface area contributed by atoms with Crippen molar-refractivity contribution >= 4 is 11.6 Å². The van der Waals surface area contributed by atoms with Crippen molar-refractivity contribution in [3.05, 3.63) is 69.3 Å². The second kappa shape index (κ2) is 10.6. The van der Waals surface area contributed by atoms with Crippen molar-refractivity contribution in [2.75, 3.05) is 39.5 Å². The van der Waals surface area contributed by atoms with Crippen LogP contribution in [0.2, 0.25) is 0 Å². The van der Waals surface area contributed by atoms with E-state index in [1.165, 1.54) is 24.3 Å². The molecule has 1 atom stereocenters. The molecule has 2 aromatic rings. The van der Waals surface area contributed by atoms with E-state index in [0.717, 1.165) is 18.2 Å². The van der Waals surface area contributed by atoms with Crippen molar-refractivity contribution in [2.24, 2.45) is 0 Å². The lowest BCUT2D eigenvalue weighted by atomic mass is 10.0. The number of halogens is 3. The standard InChI is InChI=1S/C22H24F3N3O5/c1-2-33-20-8-5-16(13-18(20)28(30)31)21(29)26-14-19(27-9-11-32-12-10-27)15-3-6-17(7-4-15)22(23,24)25/h3-8,13,19H,2,9-12,14H2,1H3,(H,26,29). The fourth-order valence-corrected chi connectivity index (χ4v) is 3.61. The summed E-state index contributed by atoms with van der Waals surface area (Å²) in [6.45, 7) is 4.07. The molecule has 11 heteroatoms. The molecule has 2 aromatic carbocycles. The molecule has 1 unspecified atom stereocenters. The highest BCUT2D eigenvalue weighted by Crippen LogP contribution is 2.31. The number of hydrogen-bond acceptors (Lipinski definition) is 6. The molecule has 0 aromatic heterocycles. The largest absolute Gasteiger partial charge is 0.487 e. The number of nitro benzene ring substituents is 1. The van der Waals surface area contributed by atoms with Crippen LogP contribution in [-0.4, -0.2) is 55.2 Å². The minimum atomic E-state index is -4.44. The van der Waals surface area contributed by atoms with Crippen LogP contribution in [0.4, 0.5) is 18.9 Å². The number of benzene rings is 2. The van der Waals surface area contributed by atoms with Crippen molar-refractivity contribution in [2.45, 2.75) is 19.1 Å². The molecule has 0 radical (unpaired) electrons. The Morgan fingerprint density at radius 1 is 1.21 bits per heavy atom. The lowest BCUT2D eigenvalue weighted by Gasteiger charge is -2.35. The molecular formula is C22H24F3N3O5. The first kappa shape index (κ1) is 24.5. The van der Waals surface area contributed by atoms with E-state index in [4.69, 9.17) is 9.47 Å². The predicted molar refractivity (Wildman–Crippen MR) is 113 cm³/mol. The van der Waals surface area contributed by atoms with Gasteiger partial charge in [0.1, 0.15) is 0 Å². The van der Waals surface area contributed by atoms with Crippen LogP contribution in [0.15, 0.2) is 42.5 Å². The van der Waals surface area contributed by atoms with E-state index in [9.17, 15) is 28.1 Å². The van der Waals surface area contributed by atoms with Crippen molar-refractivity contribution in [3.8, 4) is 5.75 Å². The minimum Gasteiger partial charge on any atom is -0.487 e. The number of ether oxygens (including phenoxy) is 2. The monoisotopic (exact) mass is 467 g/mol. The van der Waals surface area contributed by atoms with Crippen LogP contribution in [0.5, 0.6) is 5.75 Å². The van der Waals surface area contributed by atoms with Crippen LogP contribution in [0.25, 0.3) is 0 Å². The van der Waals surface area contributed by atoms with Gasteiger partial charge in [0.25, 0.3) is 5.91 Å². The van der Waals surface area contributed by atoms with Gasteiger partial charge in [-0.2, -0.15) is 13.2 Å². The van der Waals surface area contributed by atoms with Gasteiger partial charge in [0, 0.05) is 31.3 Å². The summed E-state index contributed by atoms with van der Waals surface area (Å²) in [5.74, 6) is -0.471. The van der Waals surface area contributed by atoms with Crippen LogP contribution >= 0.6 is 0 Å². The number of carbonyl (C=O) groups is 1. The van der Waals surface area contributed by atoms with Gasteiger partial charge < -0.3 is 14.8 Å². The van der Waals surface area contributed by atoms with Crippen molar-refractivity contribution in [1.29, 1.82) is 0 Å². The number of nitro groups is 1. The van der Waals surface area contributed by atoms with E-state index in [2.05, 4.69) is 5.32 Å². The Morgan fingerprint density at radius 2 is 1.88 bits per heavy atom. The summed E-state index contributed by atoms with van der Waals surface area (Å²) in [5, 5.41) is 14.1. The number of nitrogens with zero attached hydrogens (tertiary/aromatic N) is 2. The Morgan fingerprint density at radius 3 is 2.45 bits per heavy atom. The first-order valence-electron chi connectivity index (χ1n) is 10.4. The molecule has 1 heterocycles. The molecule has 3 rings (SSSR count). The maximum absolute atomic E-state index is 12.9. The molecule has 0 saturated carbocycles. The van der Waals surface area contributed by atoms with Crippen LogP contribution in [-0.2, 0) is 10.9 Å². The number of morpholine rings is 1. The molecule has 1 aliphatic heterocycles. The number of alkyl halides is 3. The first-order valence-corrected chi connectivity index (χ1v) is 10.4. The second-order valence-electron chi connectivity index (χ2n) is 7.37. The van der Waals surface area contributed by atoms with Crippen molar-refractivity contribution in [3.63, 3.8) is 0 Å². The summed E-state index contributed by atoms with van der Waals surface area (Å²) in [5.41, 5.74) is -0.379. The van der Waals surface area contributed by atoms with Gasteiger partial charge >= 0.3 is 11.9 Å². The molecule has 0 spiro atoms. The first-order chi connectivity index (χ1) is 15.7. The van der Waals surface area contributed by atoms with E-state index >= 15 is 0 Å². The Bertz CT molecular complexity index is 976. The predicted octanol–water partition coefficient (Wildman–Crippen LogP) is 3.82. The molecule has 1 aliphatic rings. The zero-order valence-electron chi connectivity index (χ0n) is 17.9. The Balaban J connectivity index is 1.78. The van der Waals surface area contributed by atoms with Crippen LogP contribution in [0, 0.1) is 10.1 Å². The summed E-state index contributed by atoms with van der Waals surface area (Å²) >= 11 is 0. The van der Waals surface area contributed by atoms with E-state index in [1.807, 2.05) is 4.90 Å². The molecule has 1 amide bonds. The van der Waals surface area contributed by atoms with Crippen LogP contribution in [0.3, 0.4) is 0 Å². The highest BCUT2D eigenvalue weighted by Gasteiger charge is 2.31. The number of amides is 1. The molecule has 33 heavy (non-hydrogen) atoms. The summed E-state index contributed by atoms with van der Waals surface area (Å²) in [6.07, 6.45) is -4.44. The fraction of sp³-hybridized carbons (Fsp3) is 0.409. The molecule has 8 nitrogen and oxygen atoms in total. The second-order valence-corrected chi connectivity index (χ2v) is 7.37. The zero-order valence-corrected chi connectivity index (χ0v) is 17.9. The van der Waals surface area contributed by atoms with E-state index in [1.54, 1.807) is 6.92 Å². The lowest BCUT2D eigenvalue weighted by molar-refractivity contribution is -0.385. The Kier molecular flexibility index (Phi) is 7.88. The van der Waals surface area contributed by atoms with E-state index < -0.39 is 28.6 Å². The van der Waals surface area contributed by atoms with Gasteiger partial charge in [-0.3, -0.25) is 19.8 Å². The minimum absolute atomic E-state index is 0.0648. The molecular weight excluding hydrogens is 443 g/mol. The van der Waals surface area contributed by atoms with E-state index in [-0.39, 0.29) is 30.2 Å². The summed E-state index contributed by atoms with van der Waals surface area (Å²) in [7, 11) is 0. The molecule has 178 valence electrons. The summed E-state index contributed by atoms with van der Waals surface area (Å²) < 4.78 is 49.4. The van der Waals surface area contributed by atoms with Crippen molar-refractivity contribution in [1.82, 2.24) is 10.2 Å². The normalized spacial score (nSPS) is 15.6.